The zero-order valence-electron chi connectivity index (χ0n) is 10.3. The lowest BCUT2D eigenvalue weighted by molar-refractivity contribution is 0.265. The van der Waals surface area contributed by atoms with Crippen molar-refractivity contribution in [3.05, 3.63) is 0 Å². The van der Waals surface area contributed by atoms with Gasteiger partial charge in [0.1, 0.15) is 0 Å². The van der Waals surface area contributed by atoms with Crippen LogP contribution in [0.25, 0.3) is 0 Å². The molecule has 1 heterocycles. The third-order valence-corrected chi connectivity index (χ3v) is 4.61. The molecule has 0 spiro atoms. The fourth-order valence-electron chi connectivity index (χ4n) is 1.84. The molecule has 1 fully saturated rings. The highest BCUT2D eigenvalue weighted by atomic mass is 32.2. The number of hydrogen-bond donors (Lipinski definition) is 0. The molecular formula is C11H23NO2S. The van der Waals surface area contributed by atoms with Crippen LogP contribution in [0.3, 0.4) is 0 Å². The van der Waals surface area contributed by atoms with Crippen molar-refractivity contribution in [3.63, 3.8) is 0 Å². The normalized spacial score (nSPS) is 24.7. The Morgan fingerprint density at radius 2 is 1.93 bits per heavy atom. The molecular weight excluding hydrogens is 210 g/mol. The van der Waals surface area contributed by atoms with Gasteiger partial charge in [-0.1, -0.05) is 20.8 Å². The van der Waals surface area contributed by atoms with Gasteiger partial charge in [0, 0.05) is 12.8 Å². The Hall–Kier alpha value is -0.0900. The first-order valence-electron chi connectivity index (χ1n) is 5.60. The van der Waals surface area contributed by atoms with E-state index < -0.39 is 9.84 Å². The molecule has 1 saturated heterocycles. The highest BCUT2D eigenvalue weighted by Crippen LogP contribution is 2.22. The maximum Gasteiger partial charge on any atom is 0.151 e. The summed E-state index contributed by atoms with van der Waals surface area (Å²) in [5.41, 5.74) is 0.336. The molecule has 0 radical (unpaired) electrons. The molecule has 1 aliphatic heterocycles. The van der Waals surface area contributed by atoms with Gasteiger partial charge in [0.25, 0.3) is 0 Å². The molecule has 1 unspecified atom stereocenters. The topological polar surface area (TPSA) is 37.4 Å². The van der Waals surface area contributed by atoms with Gasteiger partial charge in [-0.25, -0.2) is 8.42 Å². The average molecular weight is 233 g/mol. The van der Waals surface area contributed by atoms with Crippen molar-refractivity contribution in [2.45, 2.75) is 38.9 Å². The van der Waals surface area contributed by atoms with Gasteiger partial charge in [-0.05, 0) is 31.3 Å². The largest absolute Gasteiger partial charge is 0.302 e. The lowest BCUT2D eigenvalue weighted by atomic mass is 9.92. The highest BCUT2D eigenvalue weighted by molar-refractivity contribution is 7.91. The van der Waals surface area contributed by atoms with E-state index in [0.29, 0.717) is 5.41 Å². The van der Waals surface area contributed by atoms with Crippen LogP contribution >= 0.6 is 0 Å². The van der Waals surface area contributed by atoms with Crippen LogP contribution in [-0.4, -0.2) is 44.5 Å². The zero-order chi connectivity index (χ0) is 11.7. The lowest BCUT2D eigenvalue weighted by Crippen LogP contribution is -2.28. The smallest absolute Gasteiger partial charge is 0.151 e. The van der Waals surface area contributed by atoms with E-state index in [1.807, 2.05) is 0 Å². The summed E-state index contributed by atoms with van der Waals surface area (Å²) >= 11 is 0. The molecule has 4 heteroatoms. The van der Waals surface area contributed by atoms with Crippen LogP contribution in [0.4, 0.5) is 0 Å². The molecule has 15 heavy (non-hydrogen) atoms. The van der Waals surface area contributed by atoms with E-state index in [1.54, 1.807) is 0 Å². The van der Waals surface area contributed by atoms with Crippen LogP contribution < -0.4 is 0 Å². The molecule has 1 rings (SSSR count). The third kappa shape index (κ3) is 4.51. The van der Waals surface area contributed by atoms with Crippen molar-refractivity contribution in [3.8, 4) is 0 Å². The molecule has 0 aliphatic carbocycles. The van der Waals surface area contributed by atoms with Crippen molar-refractivity contribution in [2.24, 2.45) is 5.41 Å². The van der Waals surface area contributed by atoms with Gasteiger partial charge >= 0.3 is 0 Å². The zero-order valence-corrected chi connectivity index (χ0v) is 11.1. The van der Waals surface area contributed by atoms with E-state index in [0.717, 1.165) is 32.5 Å². The Balaban J connectivity index is 2.38. The van der Waals surface area contributed by atoms with Crippen molar-refractivity contribution in [1.29, 1.82) is 0 Å². The Kier molecular flexibility index (Phi) is 3.82. The van der Waals surface area contributed by atoms with Crippen LogP contribution in [0.5, 0.6) is 0 Å². The van der Waals surface area contributed by atoms with E-state index in [-0.39, 0.29) is 5.25 Å². The Morgan fingerprint density at radius 1 is 1.33 bits per heavy atom. The molecule has 0 aromatic carbocycles. The predicted molar refractivity (Wildman–Crippen MR) is 63.8 cm³/mol. The molecule has 3 nitrogen and oxygen atoms in total. The summed E-state index contributed by atoms with van der Waals surface area (Å²) < 4.78 is 22.7. The second kappa shape index (κ2) is 4.42. The summed E-state index contributed by atoms with van der Waals surface area (Å²) in [6, 6.07) is 0. The van der Waals surface area contributed by atoms with Crippen molar-refractivity contribution in [2.75, 3.05) is 25.9 Å². The standard InChI is InChI=1S/C11H23NO2S/c1-11(2,3)6-8-12-7-5-10(9-12)15(4,13)14/h10H,5-9H2,1-4H3. The van der Waals surface area contributed by atoms with Crippen molar-refractivity contribution in [1.82, 2.24) is 4.90 Å². The minimum Gasteiger partial charge on any atom is -0.302 e. The molecule has 0 amide bonds. The predicted octanol–water partition coefficient (Wildman–Crippen LogP) is 1.54. The summed E-state index contributed by atoms with van der Waals surface area (Å²) in [5, 5.41) is -0.127. The molecule has 1 atom stereocenters. The van der Waals surface area contributed by atoms with Gasteiger partial charge in [0.15, 0.2) is 9.84 Å². The number of nitrogens with zero attached hydrogens (tertiary/aromatic N) is 1. The fourth-order valence-corrected chi connectivity index (χ4v) is 2.86. The Bertz CT molecular complexity index is 303. The fraction of sp³-hybridized carbons (Fsp3) is 1.00. The van der Waals surface area contributed by atoms with Gasteiger partial charge in [-0.15, -0.1) is 0 Å². The van der Waals surface area contributed by atoms with E-state index >= 15 is 0 Å². The molecule has 0 aromatic rings. The van der Waals surface area contributed by atoms with Crippen LogP contribution in [0.1, 0.15) is 33.6 Å². The maximum atomic E-state index is 11.4. The third-order valence-electron chi connectivity index (χ3n) is 3.01. The summed E-state index contributed by atoms with van der Waals surface area (Å²) in [7, 11) is -2.83. The Morgan fingerprint density at radius 3 is 2.33 bits per heavy atom. The van der Waals surface area contributed by atoms with E-state index in [1.165, 1.54) is 6.26 Å². The van der Waals surface area contributed by atoms with Crippen LogP contribution in [0, 0.1) is 5.41 Å². The number of rotatable bonds is 3. The first-order chi connectivity index (χ1) is 6.68. The minimum atomic E-state index is -2.83. The van der Waals surface area contributed by atoms with Gasteiger partial charge in [0.05, 0.1) is 5.25 Å². The van der Waals surface area contributed by atoms with Crippen LogP contribution in [0.15, 0.2) is 0 Å². The Labute approximate surface area is 93.8 Å². The van der Waals surface area contributed by atoms with Gasteiger partial charge in [-0.2, -0.15) is 0 Å². The SMILES string of the molecule is CC(C)(C)CCN1CCC(S(C)(=O)=O)C1. The number of likely N-dealkylation sites (tertiary alicyclic amines) is 1. The lowest BCUT2D eigenvalue weighted by Gasteiger charge is -2.23. The molecule has 0 aromatic heterocycles. The first kappa shape index (κ1) is 13.0. The van der Waals surface area contributed by atoms with E-state index in [2.05, 4.69) is 25.7 Å². The highest BCUT2D eigenvalue weighted by Gasteiger charge is 2.30. The monoisotopic (exact) mass is 233 g/mol. The number of sulfone groups is 1. The van der Waals surface area contributed by atoms with E-state index in [4.69, 9.17) is 0 Å². The molecule has 0 N–H and O–H groups in total. The molecule has 0 bridgehead atoms. The van der Waals surface area contributed by atoms with Gasteiger partial charge in [0.2, 0.25) is 0 Å². The minimum absolute atomic E-state index is 0.127. The van der Waals surface area contributed by atoms with Crippen LogP contribution in [-0.2, 0) is 9.84 Å². The maximum absolute atomic E-state index is 11.4. The molecule has 0 saturated carbocycles. The summed E-state index contributed by atoms with van der Waals surface area (Å²) in [5.74, 6) is 0. The summed E-state index contributed by atoms with van der Waals surface area (Å²) in [6.07, 6.45) is 3.29. The summed E-state index contributed by atoms with van der Waals surface area (Å²) in [6.45, 7) is 9.35. The summed E-state index contributed by atoms with van der Waals surface area (Å²) in [4.78, 5) is 2.27. The van der Waals surface area contributed by atoms with Crippen molar-refractivity contribution >= 4 is 9.84 Å². The number of hydrogen-bond acceptors (Lipinski definition) is 3. The molecule has 1 aliphatic rings. The molecule has 90 valence electrons. The first-order valence-corrected chi connectivity index (χ1v) is 7.55. The van der Waals surface area contributed by atoms with E-state index in [9.17, 15) is 8.42 Å². The van der Waals surface area contributed by atoms with Gasteiger partial charge < -0.3 is 4.90 Å². The average Bonchev–Trinajstić information content (AvgIpc) is 2.45. The second-order valence-electron chi connectivity index (χ2n) is 5.85. The van der Waals surface area contributed by atoms with Crippen LogP contribution in [0.2, 0.25) is 0 Å². The quantitative estimate of drug-likeness (QED) is 0.742. The van der Waals surface area contributed by atoms with Gasteiger partial charge in [-0.3, -0.25) is 0 Å². The second-order valence-corrected chi connectivity index (χ2v) is 8.18. The van der Waals surface area contributed by atoms with Crippen molar-refractivity contribution < 1.29 is 8.42 Å².